The van der Waals surface area contributed by atoms with Gasteiger partial charge in [-0.1, -0.05) is 84.9 Å². The smallest absolute Gasteiger partial charge is 0.434 e. The van der Waals surface area contributed by atoms with E-state index in [0.29, 0.717) is 0 Å². The van der Waals surface area contributed by atoms with Crippen LogP contribution in [0, 0.1) is 0 Å². The van der Waals surface area contributed by atoms with Crippen LogP contribution in [0.5, 0.6) is 17.2 Å². The average molecular weight is 601 g/mol. The van der Waals surface area contributed by atoms with E-state index >= 15 is 0 Å². The third kappa shape index (κ3) is 3.48. The Labute approximate surface area is 270 Å². The van der Waals surface area contributed by atoms with Gasteiger partial charge in [-0.05, 0) is 77.4 Å². The van der Waals surface area contributed by atoms with E-state index in [-0.39, 0.29) is 6.92 Å². The molecular formula is C42H24BNO3. The molecule has 218 valence electrons. The van der Waals surface area contributed by atoms with Crippen LogP contribution >= 0.6 is 0 Å². The number of ether oxygens (including phenoxy) is 1. The molecule has 0 saturated carbocycles. The highest BCUT2D eigenvalue weighted by Crippen LogP contribution is 2.42. The third-order valence-corrected chi connectivity index (χ3v) is 9.89. The number of rotatable bonds is 2. The van der Waals surface area contributed by atoms with E-state index in [1.54, 1.807) is 0 Å². The second kappa shape index (κ2) is 9.18. The van der Waals surface area contributed by atoms with Crippen molar-refractivity contribution in [1.82, 2.24) is 4.57 Å². The Morgan fingerprint density at radius 2 is 1.19 bits per heavy atom. The Bertz CT molecular complexity index is 2720. The maximum Gasteiger partial charge on any atom is 0.434 e. The zero-order valence-electron chi connectivity index (χ0n) is 25.1. The summed E-state index contributed by atoms with van der Waals surface area (Å²) in [5.74, 6) is 2.52. The molecule has 0 bridgehead atoms. The van der Waals surface area contributed by atoms with Crippen molar-refractivity contribution in [3.8, 4) is 45.2 Å². The fraction of sp³-hybridized carbons (Fsp3) is 0. The highest BCUT2D eigenvalue weighted by Gasteiger charge is 2.41. The van der Waals surface area contributed by atoms with Crippen LogP contribution in [0.15, 0.2) is 150 Å². The predicted molar refractivity (Wildman–Crippen MR) is 191 cm³/mol. The van der Waals surface area contributed by atoms with Gasteiger partial charge in [0.2, 0.25) is 0 Å². The number of fused-ring (bicyclic) bond motifs is 10. The van der Waals surface area contributed by atoms with Crippen molar-refractivity contribution >= 4 is 61.6 Å². The third-order valence-electron chi connectivity index (χ3n) is 9.89. The molecule has 7 aromatic carbocycles. The average Bonchev–Trinajstić information content (AvgIpc) is 3.67. The topological polar surface area (TPSA) is 36.5 Å². The SMILES string of the molecule is c1cc2c3c(c1)-c1ccc(-c4ccc5c(c4)oc4ccccc45)cc1OB3c1cc(-n3c4ccccc4c4ccccc43)ccc1O2. The van der Waals surface area contributed by atoms with Crippen LogP contribution in [0.3, 0.4) is 0 Å². The summed E-state index contributed by atoms with van der Waals surface area (Å²) in [5.41, 5.74) is 11.7. The molecule has 4 nitrogen and oxygen atoms in total. The molecule has 2 aromatic heterocycles. The Kier molecular flexibility index (Phi) is 4.89. The fourth-order valence-corrected chi connectivity index (χ4v) is 7.76. The molecule has 0 spiro atoms. The molecule has 4 heterocycles. The summed E-state index contributed by atoms with van der Waals surface area (Å²) in [6.07, 6.45) is 0. The standard InChI is InChI=1S/C42H24BNO3/c1-4-12-35-28(8-1)29-9-2-5-13-36(29)44(35)27-18-21-38-34(24-27)43-42-33(11-7-15-39(42)46-38)32-20-17-26(23-41(32)47-43)25-16-19-31-30-10-3-6-14-37(30)45-40(31)22-25/h1-24H. The number of para-hydroxylation sites is 3. The molecule has 0 radical (unpaired) electrons. The quantitative estimate of drug-likeness (QED) is 0.185. The van der Waals surface area contributed by atoms with Crippen LogP contribution in [-0.4, -0.2) is 11.5 Å². The van der Waals surface area contributed by atoms with Crippen LogP contribution in [0.4, 0.5) is 0 Å². The first kappa shape index (κ1) is 25.0. The number of hydrogen-bond donors (Lipinski definition) is 0. The van der Waals surface area contributed by atoms with Crippen molar-refractivity contribution in [3.05, 3.63) is 146 Å². The Morgan fingerprint density at radius 3 is 2.04 bits per heavy atom. The molecule has 2 aliphatic heterocycles. The molecule has 0 fully saturated rings. The van der Waals surface area contributed by atoms with E-state index < -0.39 is 0 Å². The van der Waals surface area contributed by atoms with Gasteiger partial charge in [0, 0.05) is 43.7 Å². The van der Waals surface area contributed by atoms with Gasteiger partial charge in [0.1, 0.15) is 28.4 Å². The first-order valence-corrected chi connectivity index (χ1v) is 15.9. The minimum absolute atomic E-state index is 0.307. The lowest BCUT2D eigenvalue weighted by Gasteiger charge is -2.33. The molecule has 11 rings (SSSR count). The van der Waals surface area contributed by atoms with Crippen molar-refractivity contribution in [2.24, 2.45) is 0 Å². The summed E-state index contributed by atoms with van der Waals surface area (Å²) >= 11 is 0. The minimum atomic E-state index is -0.307. The monoisotopic (exact) mass is 601 g/mol. The molecule has 0 N–H and O–H groups in total. The van der Waals surface area contributed by atoms with Crippen LogP contribution in [0.25, 0.3) is 71.7 Å². The van der Waals surface area contributed by atoms with E-state index in [1.807, 2.05) is 18.2 Å². The Hall–Kier alpha value is -6.20. The molecule has 0 amide bonds. The predicted octanol–water partition coefficient (Wildman–Crippen LogP) is 9.62. The zero-order chi connectivity index (χ0) is 30.6. The molecular weight excluding hydrogens is 577 g/mol. The fourth-order valence-electron chi connectivity index (χ4n) is 7.76. The van der Waals surface area contributed by atoms with E-state index in [4.69, 9.17) is 13.8 Å². The van der Waals surface area contributed by atoms with Crippen molar-refractivity contribution in [2.75, 3.05) is 0 Å². The highest BCUT2D eigenvalue weighted by molar-refractivity contribution is 6.84. The van der Waals surface area contributed by atoms with E-state index in [2.05, 4.69) is 132 Å². The van der Waals surface area contributed by atoms with E-state index in [0.717, 1.165) is 78.1 Å². The van der Waals surface area contributed by atoms with Gasteiger partial charge in [-0.15, -0.1) is 0 Å². The molecule has 2 aliphatic rings. The van der Waals surface area contributed by atoms with Gasteiger partial charge in [0.15, 0.2) is 0 Å². The molecule has 5 heteroatoms. The number of benzene rings is 7. The molecule has 9 aromatic rings. The van der Waals surface area contributed by atoms with E-state index in [1.165, 1.54) is 21.8 Å². The Morgan fingerprint density at radius 1 is 0.468 bits per heavy atom. The second-order valence-corrected chi connectivity index (χ2v) is 12.4. The van der Waals surface area contributed by atoms with Crippen LogP contribution < -0.4 is 20.3 Å². The van der Waals surface area contributed by atoms with Crippen molar-refractivity contribution < 1.29 is 13.8 Å². The van der Waals surface area contributed by atoms with Crippen LogP contribution in [0.2, 0.25) is 0 Å². The van der Waals surface area contributed by atoms with Crippen molar-refractivity contribution in [3.63, 3.8) is 0 Å². The molecule has 47 heavy (non-hydrogen) atoms. The number of aromatic nitrogens is 1. The van der Waals surface area contributed by atoms with Gasteiger partial charge in [0.25, 0.3) is 0 Å². The summed E-state index contributed by atoms with van der Waals surface area (Å²) in [7, 11) is 0. The van der Waals surface area contributed by atoms with Crippen LogP contribution in [-0.2, 0) is 0 Å². The Balaban J connectivity index is 1.06. The summed E-state index contributed by atoms with van der Waals surface area (Å²) in [6.45, 7) is -0.307. The molecule has 0 saturated heterocycles. The molecule has 0 unspecified atom stereocenters. The summed E-state index contributed by atoms with van der Waals surface area (Å²) in [5, 5.41) is 4.73. The minimum Gasteiger partial charge on any atom is -0.551 e. The normalized spacial score (nSPS) is 13.0. The lowest BCUT2D eigenvalue weighted by Crippen LogP contribution is -2.53. The van der Waals surface area contributed by atoms with E-state index in [9.17, 15) is 0 Å². The van der Waals surface area contributed by atoms with Gasteiger partial charge >= 0.3 is 6.92 Å². The van der Waals surface area contributed by atoms with Gasteiger partial charge in [-0.25, -0.2) is 0 Å². The lowest BCUT2D eigenvalue weighted by molar-refractivity contribution is 0.479. The van der Waals surface area contributed by atoms with Gasteiger partial charge < -0.3 is 18.4 Å². The molecule has 0 aliphatic carbocycles. The summed E-state index contributed by atoms with van der Waals surface area (Å²) in [6, 6.07) is 51.1. The highest BCUT2D eigenvalue weighted by atomic mass is 16.5. The first-order valence-electron chi connectivity index (χ1n) is 15.9. The van der Waals surface area contributed by atoms with Gasteiger partial charge in [-0.3, -0.25) is 0 Å². The van der Waals surface area contributed by atoms with Gasteiger partial charge in [0.05, 0.1) is 11.0 Å². The number of hydrogen-bond acceptors (Lipinski definition) is 3. The first-order chi connectivity index (χ1) is 23.3. The second-order valence-electron chi connectivity index (χ2n) is 12.4. The van der Waals surface area contributed by atoms with Crippen molar-refractivity contribution in [2.45, 2.75) is 0 Å². The maximum atomic E-state index is 7.00. The zero-order valence-corrected chi connectivity index (χ0v) is 25.1. The lowest BCUT2D eigenvalue weighted by atomic mass is 9.51. The van der Waals surface area contributed by atoms with Crippen LogP contribution in [0.1, 0.15) is 0 Å². The number of nitrogens with zero attached hydrogens (tertiary/aromatic N) is 1. The maximum absolute atomic E-state index is 7.00. The summed E-state index contributed by atoms with van der Waals surface area (Å²) < 4.78 is 22.1. The largest absolute Gasteiger partial charge is 0.551 e. The van der Waals surface area contributed by atoms with Crippen molar-refractivity contribution in [1.29, 1.82) is 0 Å². The number of furan rings is 1. The summed E-state index contributed by atoms with van der Waals surface area (Å²) in [4.78, 5) is 0. The van der Waals surface area contributed by atoms with Gasteiger partial charge in [-0.2, -0.15) is 0 Å². The molecule has 0 atom stereocenters.